The second-order valence-electron chi connectivity index (χ2n) is 4.35. The van der Waals surface area contributed by atoms with Crippen LogP contribution in [0.2, 0.25) is 5.02 Å². The minimum absolute atomic E-state index is 0.00534. The number of hydrogen-bond acceptors (Lipinski definition) is 4. The molecule has 0 fully saturated rings. The fraction of sp³-hybridized carbons (Fsp3) is 0.0714. The average Bonchev–Trinajstić information content (AvgIpc) is 2.45. The third-order valence-corrected chi connectivity index (χ3v) is 4.07. The Morgan fingerprint density at radius 2 is 1.86 bits per heavy atom. The molecule has 0 aliphatic heterocycles. The summed E-state index contributed by atoms with van der Waals surface area (Å²) in [6, 6.07) is 13.3. The molecule has 0 spiro atoms. The van der Waals surface area contributed by atoms with Gasteiger partial charge in [0.05, 0.1) is 27.2 Å². The number of benzene rings is 2. The van der Waals surface area contributed by atoms with Crippen LogP contribution in [-0.4, -0.2) is 8.42 Å². The van der Waals surface area contributed by atoms with Crippen LogP contribution in [0.25, 0.3) is 0 Å². The van der Waals surface area contributed by atoms with Gasteiger partial charge in [0.15, 0.2) is 0 Å². The summed E-state index contributed by atoms with van der Waals surface area (Å²) in [6.45, 7) is 0.444. The number of nitrogens with two attached hydrogens (primary N) is 1. The van der Waals surface area contributed by atoms with Crippen LogP contribution < -0.4 is 10.5 Å². The van der Waals surface area contributed by atoms with Crippen LogP contribution in [0.4, 0.5) is 5.69 Å². The van der Waals surface area contributed by atoms with Crippen LogP contribution in [-0.2, 0) is 16.6 Å². The molecule has 0 aromatic heterocycles. The van der Waals surface area contributed by atoms with Crippen molar-refractivity contribution in [1.29, 1.82) is 5.26 Å². The lowest BCUT2D eigenvalue weighted by Gasteiger charge is -2.10. The molecule has 0 bridgehead atoms. The topological polar surface area (TPSA) is 96.0 Å². The smallest absolute Gasteiger partial charge is 0.238 e. The van der Waals surface area contributed by atoms with Gasteiger partial charge in [-0.1, -0.05) is 23.7 Å². The number of nitriles is 1. The summed E-state index contributed by atoms with van der Waals surface area (Å²) < 4.78 is 22.6. The Hall–Kier alpha value is -2.07. The lowest BCUT2D eigenvalue weighted by Crippen LogP contribution is -2.12. The Labute approximate surface area is 128 Å². The molecule has 0 aliphatic carbocycles. The van der Waals surface area contributed by atoms with Crippen molar-refractivity contribution in [2.75, 3.05) is 5.32 Å². The quantitative estimate of drug-likeness (QED) is 0.904. The highest BCUT2D eigenvalue weighted by Gasteiger charge is 2.10. The first kappa shape index (κ1) is 15.3. The summed E-state index contributed by atoms with van der Waals surface area (Å²) in [5.74, 6) is 0. The molecule has 0 unspecified atom stereocenters. The van der Waals surface area contributed by atoms with E-state index in [-0.39, 0.29) is 4.90 Å². The minimum Gasteiger partial charge on any atom is -0.380 e. The molecular formula is C14H12ClN3O2S. The molecule has 0 saturated heterocycles. The SMILES string of the molecule is N#Cc1ccc(CNc2cc(S(N)(=O)=O)ccc2Cl)cc1. The Morgan fingerprint density at radius 1 is 1.19 bits per heavy atom. The molecule has 108 valence electrons. The zero-order valence-electron chi connectivity index (χ0n) is 10.9. The monoisotopic (exact) mass is 321 g/mol. The van der Waals surface area contributed by atoms with Crippen molar-refractivity contribution >= 4 is 27.3 Å². The molecular weight excluding hydrogens is 310 g/mol. The summed E-state index contributed by atoms with van der Waals surface area (Å²) in [6.07, 6.45) is 0. The third kappa shape index (κ3) is 3.95. The van der Waals surface area contributed by atoms with E-state index in [2.05, 4.69) is 5.32 Å². The van der Waals surface area contributed by atoms with Gasteiger partial charge in [0.2, 0.25) is 10.0 Å². The highest BCUT2D eigenvalue weighted by atomic mass is 35.5. The largest absolute Gasteiger partial charge is 0.380 e. The first-order valence-electron chi connectivity index (χ1n) is 5.95. The number of nitrogens with zero attached hydrogens (tertiary/aromatic N) is 1. The van der Waals surface area contributed by atoms with Gasteiger partial charge in [-0.3, -0.25) is 0 Å². The first-order valence-corrected chi connectivity index (χ1v) is 7.88. The van der Waals surface area contributed by atoms with Crippen molar-refractivity contribution in [1.82, 2.24) is 0 Å². The molecule has 0 radical (unpaired) electrons. The number of anilines is 1. The van der Waals surface area contributed by atoms with Crippen LogP contribution >= 0.6 is 11.6 Å². The second-order valence-corrected chi connectivity index (χ2v) is 6.32. The standard InChI is InChI=1S/C14H12ClN3O2S/c15-13-6-5-12(21(17,19)20)7-14(13)18-9-11-3-1-10(8-16)2-4-11/h1-7,18H,9H2,(H2,17,19,20). The van der Waals surface area contributed by atoms with Gasteiger partial charge in [0.1, 0.15) is 0 Å². The van der Waals surface area contributed by atoms with Gasteiger partial charge in [-0.05, 0) is 35.9 Å². The number of nitrogens with one attached hydrogen (secondary N) is 1. The van der Waals surface area contributed by atoms with Gasteiger partial charge in [-0.25, -0.2) is 13.6 Å². The first-order chi connectivity index (χ1) is 9.90. The Morgan fingerprint density at radius 3 is 2.43 bits per heavy atom. The van der Waals surface area contributed by atoms with Gasteiger partial charge < -0.3 is 5.32 Å². The van der Waals surface area contributed by atoms with E-state index in [0.29, 0.717) is 22.8 Å². The summed E-state index contributed by atoms with van der Waals surface area (Å²) in [5.41, 5.74) is 1.99. The number of hydrogen-bond donors (Lipinski definition) is 2. The number of halogens is 1. The van der Waals surface area contributed by atoms with Crippen LogP contribution in [0.15, 0.2) is 47.4 Å². The maximum atomic E-state index is 11.3. The summed E-state index contributed by atoms with van der Waals surface area (Å²) in [7, 11) is -3.77. The molecule has 3 N–H and O–H groups in total. The molecule has 0 aliphatic rings. The minimum atomic E-state index is -3.77. The van der Waals surface area contributed by atoms with E-state index >= 15 is 0 Å². The van der Waals surface area contributed by atoms with Crippen LogP contribution in [0.3, 0.4) is 0 Å². The van der Waals surface area contributed by atoms with Crippen LogP contribution in [0.5, 0.6) is 0 Å². The summed E-state index contributed by atoms with van der Waals surface area (Å²) in [5, 5.41) is 17.3. The molecule has 5 nitrogen and oxygen atoms in total. The van der Waals surface area contributed by atoms with Crippen molar-refractivity contribution in [3.63, 3.8) is 0 Å². The van der Waals surface area contributed by atoms with Gasteiger partial charge in [0, 0.05) is 6.54 Å². The van der Waals surface area contributed by atoms with E-state index in [1.807, 2.05) is 18.2 Å². The molecule has 21 heavy (non-hydrogen) atoms. The van der Waals surface area contributed by atoms with E-state index in [0.717, 1.165) is 5.56 Å². The lowest BCUT2D eigenvalue weighted by molar-refractivity contribution is 0.598. The van der Waals surface area contributed by atoms with E-state index in [1.54, 1.807) is 12.1 Å². The molecule has 7 heteroatoms. The predicted octanol–water partition coefficient (Wildman–Crippen LogP) is 2.47. The van der Waals surface area contributed by atoms with Crippen LogP contribution in [0, 0.1) is 11.3 Å². The third-order valence-electron chi connectivity index (χ3n) is 2.83. The van der Waals surface area contributed by atoms with Gasteiger partial charge in [0.25, 0.3) is 0 Å². The molecule has 2 aromatic rings. The number of primary sulfonamides is 1. The summed E-state index contributed by atoms with van der Waals surface area (Å²) >= 11 is 6.02. The molecule has 2 aromatic carbocycles. The Kier molecular flexibility index (Phi) is 4.48. The molecule has 0 amide bonds. The second kappa shape index (κ2) is 6.14. The predicted molar refractivity (Wildman–Crippen MR) is 81.3 cm³/mol. The maximum Gasteiger partial charge on any atom is 0.238 e. The normalized spacial score (nSPS) is 10.9. The number of sulfonamides is 1. The number of rotatable bonds is 4. The van der Waals surface area contributed by atoms with Crippen molar-refractivity contribution in [3.8, 4) is 6.07 Å². The van der Waals surface area contributed by atoms with Gasteiger partial charge in [-0.2, -0.15) is 5.26 Å². The fourth-order valence-corrected chi connectivity index (χ4v) is 2.44. The van der Waals surface area contributed by atoms with Crippen LogP contribution in [0.1, 0.15) is 11.1 Å². The van der Waals surface area contributed by atoms with Crippen molar-refractivity contribution in [2.45, 2.75) is 11.4 Å². The molecule has 2 rings (SSSR count). The average molecular weight is 322 g/mol. The highest BCUT2D eigenvalue weighted by molar-refractivity contribution is 7.89. The van der Waals surface area contributed by atoms with Gasteiger partial charge >= 0.3 is 0 Å². The van der Waals surface area contributed by atoms with E-state index < -0.39 is 10.0 Å². The van der Waals surface area contributed by atoms with Gasteiger partial charge in [-0.15, -0.1) is 0 Å². The highest BCUT2D eigenvalue weighted by Crippen LogP contribution is 2.25. The van der Waals surface area contributed by atoms with E-state index in [1.165, 1.54) is 18.2 Å². The molecule has 0 atom stereocenters. The van der Waals surface area contributed by atoms with Crippen molar-refractivity contribution in [3.05, 3.63) is 58.6 Å². The zero-order valence-corrected chi connectivity index (χ0v) is 12.4. The molecule has 0 heterocycles. The molecule has 0 saturated carbocycles. The maximum absolute atomic E-state index is 11.3. The Balaban J connectivity index is 2.17. The Bertz CT molecular complexity index is 796. The summed E-state index contributed by atoms with van der Waals surface area (Å²) in [4.78, 5) is -0.00534. The lowest BCUT2D eigenvalue weighted by atomic mass is 10.1. The fourth-order valence-electron chi connectivity index (χ4n) is 1.71. The van der Waals surface area contributed by atoms with E-state index in [4.69, 9.17) is 22.0 Å². The van der Waals surface area contributed by atoms with Crippen molar-refractivity contribution in [2.24, 2.45) is 5.14 Å². The van der Waals surface area contributed by atoms with E-state index in [9.17, 15) is 8.42 Å². The van der Waals surface area contributed by atoms with Crippen molar-refractivity contribution < 1.29 is 8.42 Å². The zero-order chi connectivity index (χ0) is 15.5.